The first kappa shape index (κ1) is 9.89. The average Bonchev–Trinajstić information content (AvgIpc) is 2.67. The molecule has 3 rings (SSSR count). The number of furan rings is 1. The number of carbonyl (C=O) groups is 2. The van der Waals surface area contributed by atoms with Crippen LogP contribution in [-0.4, -0.2) is 19.0 Å². The van der Waals surface area contributed by atoms with Crippen LogP contribution in [-0.2, 0) is 16.0 Å². The van der Waals surface area contributed by atoms with Gasteiger partial charge in [0.25, 0.3) is 0 Å². The van der Waals surface area contributed by atoms with Gasteiger partial charge in [-0.2, -0.15) is 0 Å². The van der Waals surface area contributed by atoms with Gasteiger partial charge in [-0.05, 0) is 12.1 Å². The zero-order chi connectivity index (χ0) is 12.0. The number of ether oxygens (including phenoxy) is 2. The predicted octanol–water partition coefficient (Wildman–Crippen LogP) is 1.68. The van der Waals surface area contributed by atoms with E-state index in [9.17, 15) is 9.59 Å². The summed E-state index contributed by atoms with van der Waals surface area (Å²) in [6.45, 7) is 0. The topological polar surface area (TPSA) is 65.7 Å². The molecule has 0 N–H and O–H groups in total. The summed E-state index contributed by atoms with van der Waals surface area (Å²) in [7, 11) is 1.54. The van der Waals surface area contributed by atoms with Crippen molar-refractivity contribution in [3.8, 4) is 5.75 Å². The minimum Gasteiger partial charge on any atom is -0.497 e. The van der Waals surface area contributed by atoms with Crippen molar-refractivity contribution >= 4 is 22.9 Å². The molecule has 0 aliphatic carbocycles. The van der Waals surface area contributed by atoms with Gasteiger partial charge in [-0.3, -0.25) is 4.79 Å². The van der Waals surface area contributed by atoms with E-state index in [1.165, 1.54) is 0 Å². The van der Waals surface area contributed by atoms with E-state index in [0.717, 1.165) is 5.39 Å². The summed E-state index contributed by atoms with van der Waals surface area (Å²) in [4.78, 5) is 22.6. The molecule has 0 atom stereocenters. The largest absolute Gasteiger partial charge is 0.497 e. The number of cyclic esters (lactones) is 2. The van der Waals surface area contributed by atoms with E-state index in [1.54, 1.807) is 25.3 Å². The van der Waals surface area contributed by atoms with Crippen LogP contribution in [0.2, 0.25) is 0 Å². The molecule has 5 nitrogen and oxygen atoms in total. The van der Waals surface area contributed by atoms with Crippen molar-refractivity contribution in [2.24, 2.45) is 0 Å². The molecular formula is C12H8O5. The fraction of sp³-hybridized carbons (Fsp3) is 0.167. The van der Waals surface area contributed by atoms with Crippen LogP contribution in [0.5, 0.6) is 5.75 Å². The van der Waals surface area contributed by atoms with Crippen LogP contribution in [0.3, 0.4) is 0 Å². The lowest BCUT2D eigenvalue weighted by Gasteiger charge is -2.07. The molecule has 1 aliphatic heterocycles. The third kappa shape index (κ3) is 1.39. The highest BCUT2D eigenvalue weighted by Crippen LogP contribution is 2.32. The number of hydrogen-bond acceptors (Lipinski definition) is 5. The van der Waals surface area contributed by atoms with E-state index >= 15 is 0 Å². The van der Waals surface area contributed by atoms with E-state index in [-0.39, 0.29) is 12.2 Å². The molecule has 0 saturated carbocycles. The van der Waals surface area contributed by atoms with Crippen LogP contribution in [0.25, 0.3) is 11.0 Å². The van der Waals surface area contributed by atoms with Gasteiger partial charge in [-0.15, -0.1) is 0 Å². The number of hydrogen-bond donors (Lipinski definition) is 0. The Bertz CT molecular complexity index is 638. The summed E-state index contributed by atoms with van der Waals surface area (Å²) in [6.07, 6.45) is 0.0560. The molecule has 86 valence electrons. The van der Waals surface area contributed by atoms with Crippen LogP contribution in [0, 0.1) is 0 Å². The van der Waals surface area contributed by atoms with Crippen molar-refractivity contribution < 1.29 is 23.5 Å². The van der Waals surface area contributed by atoms with Crippen molar-refractivity contribution in [1.82, 2.24) is 0 Å². The minimum absolute atomic E-state index is 0.0560. The highest BCUT2D eigenvalue weighted by atomic mass is 16.6. The number of fused-ring (bicyclic) bond motifs is 3. The summed E-state index contributed by atoms with van der Waals surface area (Å²) in [6, 6.07) is 5.19. The third-order valence-electron chi connectivity index (χ3n) is 2.71. The minimum atomic E-state index is -0.730. The summed E-state index contributed by atoms with van der Waals surface area (Å²) in [5.41, 5.74) is 1.10. The fourth-order valence-corrected chi connectivity index (χ4v) is 1.93. The van der Waals surface area contributed by atoms with Crippen molar-refractivity contribution in [3.63, 3.8) is 0 Å². The summed E-state index contributed by atoms with van der Waals surface area (Å²) >= 11 is 0. The Kier molecular flexibility index (Phi) is 1.95. The molecule has 1 aliphatic rings. The lowest BCUT2D eigenvalue weighted by atomic mass is 10.1. The first-order valence-electron chi connectivity index (χ1n) is 5.03. The van der Waals surface area contributed by atoms with Crippen LogP contribution in [0.15, 0.2) is 22.6 Å². The van der Waals surface area contributed by atoms with Gasteiger partial charge < -0.3 is 13.9 Å². The molecule has 17 heavy (non-hydrogen) atoms. The third-order valence-corrected chi connectivity index (χ3v) is 2.71. The molecule has 1 aromatic carbocycles. The summed E-state index contributed by atoms with van der Waals surface area (Å²) in [5, 5.41) is 0.741. The fourth-order valence-electron chi connectivity index (χ4n) is 1.93. The first-order chi connectivity index (χ1) is 8.19. The van der Waals surface area contributed by atoms with Gasteiger partial charge in [0.1, 0.15) is 11.3 Å². The first-order valence-corrected chi connectivity index (χ1v) is 5.03. The molecule has 0 spiro atoms. The maximum absolute atomic E-state index is 11.5. The molecule has 0 amide bonds. The molecule has 2 heterocycles. The molecule has 0 fully saturated rings. The van der Waals surface area contributed by atoms with Gasteiger partial charge in [0.15, 0.2) is 0 Å². The van der Waals surface area contributed by atoms with E-state index in [2.05, 4.69) is 4.74 Å². The molecule has 0 bridgehead atoms. The second kappa shape index (κ2) is 3.35. The Morgan fingerprint density at radius 3 is 2.88 bits per heavy atom. The smallest absolute Gasteiger partial charge is 0.382 e. The van der Waals surface area contributed by atoms with E-state index in [0.29, 0.717) is 16.9 Å². The zero-order valence-corrected chi connectivity index (χ0v) is 8.98. The average molecular weight is 232 g/mol. The predicted molar refractivity (Wildman–Crippen MR) is 56.9 cm³/mol. The molecule has 0 radical (unpaired) electrons. The maximum atomic E-state index is 11.5. The van der Waals surface area contributed by atoms with Gasteiger partial charge in [-0.25, -0.2) is 4.79 Å². The monoisotopic (exact) mass is 232 g/mol. The standard InChI is InChI=1S/C12H8O5/c1-15-6-2-3-7-8-5-10(13)17-12(14)11(8)16-9(7)4-6/h2-4H,5H2,1H3. The highest BCUT2D eigenvalue weighted by molar-refractivity contribution is 6.05. The van der Waals surface area contributed by atoms with Crippen LogP contribution in [0.4, 0.5) is 0 Å². The molecule has 1 aromatic heterocycles. The van der Waals surface area contributed by atoms with Gasteiger partial charge >= 0.3 is 11.9 Å². The maximum Gasteiger partial charge on any atom is 0.382 e. The number of esters is 2. The lowest BCUT2D eigenvalue weighted by Crippen LogP contribution is -2.21. The lowest BCUT2D eigenvalue weighted by molar-refractivity contribution is -0.138. The Labute approximate surface area is 95.9 Å². The van der Waals surface area contributed by atoms with E-state index in [1.807, 2.05) is 0 Å². The van der Waals surface area contributed by atoms with Crippen molar-refractivity contribution in [1.29, 1.82) is 0 Å². The summed E-state index contributed by atoms with van der Waals surface area (Å²) < 4.78 is 14.9. The normalized spacial score (nSPS) is 14.6. The van der Waals surface area contributed by atoms with Crippen LogP contribution >= 0.6 is 0 Å². The Morgan fingerprint density at radius 2 is 2.12 bits per heavy atom. The number of rotatable bonds is 1. The Hall–Kier alpha value is -2.30. The van der Waals surface area contributed by atoms with Gasteiger partial charge in [0.2, 0.25) is 5.76 Å². The van der Waals surface area contributed by atoms with Gasteiger partial charge in [0.05, 0.1) is 13.5 Å². The van der Waals surface area contributed by atoms with E-state index in [4.69, 9.17) is 9.15 Å². The van der Waals surface area contributed by atoms with Crippen LogP contribution in [0.1, 0.15) is 16.1 Å². The van der Waals surface area contributed by atoms with Crippen molar-refractivity contribution in [3.05, 3.63) is 29.5 Å². The van der Waals surface area contributed by atoms with Crippen molar-refractivity contribution in [2.75, 3.05) is 7.11 Å². The van der Waals surface area contributed by atoms with Crippen LogP contribution < -0.4 is 4.74 Å². The molecule has 0 saturated heterocycles. The summed E-state index contributed by atoms with van der Waals surface area (Å²) in [5.74, 6) is -0.552. The molecule has 2 aromatic rings. The SMILES string of the molecule is COc1ccc2c3c(oc2c1)C(=O)OC(=O)C3. The zero-order valence-electron chi connectivity index (χ0n) is 8.98. The molecule has 0 unspecified atom stereocenters. The molecule has 5 heteroatoms. The Morgan fingerprint density at radius 1 is 1.29 bits per heavy atom. The van der Waals surface area contributed by atoms with Crippen molar-refractivity contribution in [2.45, 2.75) is 6.42 Å². The van der Waals surface area contributed by atoms with E-state index < -0.39 is 11.9 Å². The van der Waals surface area contributed by atoms with Gasteiger partial charge in [-0.1, -0.05) is 0 Å². The van der Waals surface area contributed by atoms with Gasteiger partial charge in [0, 0.05) is 17.0 Å². The number of methoxy groups -OCH3 is 1. The number of carbonyl (C=O) groups excluding carboxylic acids is 2. The molecular weight excluding hydrogens is 224 g/mol. The Balaban J connectivity index is 2.27. The quantitative estimate of drug-likeness (QED) is 0.552. The second-order valence-corrected chi connectivity index (χ2v) is 3.71. The number of benzene rings is 1. The second-order valence-electron chi connectivity index (χ2n) is 3.71. The highest BCUT2D eigenvalue weighted by Gasteiger charge is 2.30.